The van der Waals surface area contributed by atoms with E-state index in [1.807, 2.05) is 42.5 Å². The van der Waals surface area contributed by atoms with E-state index >= 15 is 0 Å². The van der Waals surface area contributed by atoms with Crippen molar-refractivity contribution in [3.05, 3.63) is 53.1 Å². The lowest BCUT2D eigenvalue weighted by Gasteiger charge is -2.43. The Bertz CT molecular complexity index is 997. The highest BCUT2D eigenvalue weighted by molar-refractivity contribution is 7.86. The second kappa shape index (κ2) is 6.60. The number of fused-ring (bicyclic) bond motifs is 1. The number of halogens is 1. The number of hydrogen-bond donors (Lipinski definition) is 1. The first-order chi connectivity index (χ1) is 12.8. The van der Waals surface area contributed by atoms with Crippen molar-refractivity contribution in [3.8, 4) is 16.9 Å². The zero-order chi connectivity index (χ0) is 19.2. The van der Waals surface area contributed by atoms with Gasteiger partial charge in [-0.3, -0.25) is 4.79 Å². The quantitative estimate of drug-likeness (QED) is 0.830. The van der Waals surface area contributed by atoms with Gasteiger partial charge >= 0.3 is 0 Å². The Balaban J connectivity index is 1.59. The molecule has 27 heavy (non-hydrogen) atoms. The van der Waals surface area contributed by atoms with Crippen LogP contribution in [0.1, 0.15) is 29.6 Å². The fourth-order valence-corrected chi connectivity index (χ4v) is 4.56. The van der Waals surface area contributed by atoms with Crippen LogP contribution in [0.3, 0.4) is 0 Å². The van der Waals surface area contributed by atoms with Crippen molar-refractivity contribution < 1.29 is 17.9 Å². The summed E-state index contributed by atoms with van der Waals surface area (Å²) in [6, 6.07) is 13.0. The fourth-order valence-electron chi connectivity index (χ4n) is 3.74. The number of benzene rings is 2. The standard InChI is InChI=1S/C19H19ClN2O4S/c20-15-4-1-13(2-5-15)14-3-6-18-16(11-14)17(23)12-19(26-18)7-9-22(10-8-19)27(21,24)25/h1-6,11H,7-10,12H2,(H2,21,24,25). The maximum atomic E-state index is 12.8. The van der Waals surface area contributed by atoms with Gasteiger partial charge in [0.25, 0.3) is 10.2 Å². The maximum absolute atomic E-state index is 12.8. The number of nitrogens with zero attached hydrogens (tertiary/aromatic N) is 1. The van der Waals surface area contributed by atoms with Gasteiger partial charge in [-0.2, -0.15) is 12.7 Å². The number of carbonyl (C=O) groups is 1. The lowest BCUT2D eigenvalue weighted by molar-refractivity contribution is 0.00594. The summed E-state index contributed by atoms with van der Waals surface area (Å²) in [6.07, 6.45) is 1.11. The fraction of sp³-hybridized carbons (Fsp3) is 0.316. The van der Waals surface area contributed by atoms with Gasteiger partial charge in [0.05, 0.1) is 12.0 Å². The lowest BCUT2D eigenvalue weighted by atomic mass is 9.82. The van der Waals surface area contributed by atoms with Crippen LogP contribution in [0, 0.1) is 0 Å². The number of hydrogen-bond acceptors (Lipinski definition) is 4. The Morgan fingerprint density at radius 1 is 1.04 bits per heavy atom. The van der Waals surface area contributed by atoms with Crippen molar-refractivity contribution in [2.24, 2.45) is 5.14 Å². The summed E-state index contributed by atoms with van der Waals surface area (Å²) >= 11 is 5.94. The summed E-state index contributed by atoms with van der Waals surface area (Å²) < 4.78 is 30.4. The van der Waals surface area contributed by atoms with Crippen LogP contribution in [0.2, 0.25) is 5.02 Å². The predicted octanol–water partition coefficient (Wildman–Crippen LogP) is 3.01. The molecule has 1 saturated heterocycles. The van der Waals surface area contributed by atoms with Crippen LogP contribution in [-0.2, 0) is 10.2 Å². The minimum Gasteiger partial charge on any atom is -0.486 e. The van der Waals surface area contributed by atoms with Crippen LogP contribution in [-0.4, -0.2) is 37.2 Å². The molecule has 142 valence electrons. The molecule has 6 nitrogen and oxygen atoms in total. The molecule has 0 atom stereocenters. The van der Waals surface area contributed by atoms with Gasteiger partial charge in [-0.1, -0.05) is 29.8 Å². The molecular formula is C19H19ClN2O4S. The van der Waals surface area contributed by atoms with Crippen molar-refractivity contribution in [2.75, 3.05) is 13.1 Å². The van der Waals surface area contributed by atoms with Crippen LogP contribution in [0.4, 0.5) is 0 Å². The third-order valence-corrected chi connectivity index (χ3v) is 6.60. The zero-order valence-corrected chi connectivity index (χ0v) is 16.1. The molecule has 2 aliphatic rings. The molecule has 0 radical (unpaired) electrons. The van der Waals surface area contributed by atoms with Crippen molar-refractivity contribution in [2.45, 2.75) is 24.9 Å². The van der Waals surface area contributed by atoms with E-state index in [0.717, 1.165) is 11.1 Å². The van der Waals surface area contributed by atoms with Crippen LogP contribution >= 0.6 is 11.6 Å². The number of piperidine rings is 1. The van der Waals surface area contributed by atoms with E-state index in [-0.39, 0.29) is 25.3 Å². The average Bonchev–Trinajstić information content (AvgIpc) is 2.62. The predicted molar refractivity (Wildman–Crippen MR) is 103 cm³/mol. The summed E-state index contributed by atoms with van der Waals surface area (Å²) in [5.74, 6) is 0.559. The molecule has 2 heterocycles. The van der Waals surface area contributed by atoms with Gasteiger partial charge in [-0.15, -0.1) is 0 Å². The van der Waals surface area contributed by atoms with Crippen molar-refractivity contribution in [1.29, 1.82) is 0 Å². The number of ketones is 1. The molecule has 0 amide bonds. The molecular weight excluding hydrogens is 388 g/mol. The van der Waals surface area contributed by atoms with Crippen molar-refractivity contribution in [1.82, 2.24) is 4.31 Å². The summed E-state index contributed by atoms with van der Waals surface area (Å²) in [5, 5.41) is 5.85. The van der Waals surface area contributed by atoms with Gasteiger partial charge < -0.3 is 4.74 Å². The zero-order valence-electron chi connectivity index (χ0n) is 14.5. The van der Waals surface area contributed by atoms with Crippen LogP contribution < -0.4 is 9.88 Å². The van der Waals surface area contributed by atoms with Gasteiger partial charge in [0.2, 0.25) is 0 Å². The van der Waals surface area contributed by atoms with Gasteiger partial charge in [-0.05, 0) is 35.4 Å². The highest BCUT2D eigenvalue weighted by atomic mass is 35.5. The number of nitrogens with two attached hydrogens (primary N) is 1. The minimum atomic E-state index is -3.71. The molecule has 0 aromatic heterocycles. The second-order valence-corrected chi connectivity index (χ2v) is 9.03. The monoisotopic (exact) mass is 406 g/mol. The van der Waals surface area contributed by atoms with Gasteiger partial charge in [0.1, 0.15) is 11.4 Å². The summed E-state index contributed by atoms with van der Waals surface area (Å²) in [5.41, 5.74) is 1.79. The maximum Gasteiger partial charge on any atom is 0.276 e. The highest BCUT2D eigenvalue weighted by Crippen LogP contribution is 2.41. The van der Waals surface area contributed by atoms with Gasteiger partial charge in [0, 0.05) is 31.0 Å². The topological polar surface area (TPSA) is 89.7 Å². The van der Waals surface area contributed by atoms with E-state index in [0.29, 0.717) is 29.2 Å². The van der Waals surface area contributed by atoms with Crippen LogP contribution in [0.5, 0.6) is 5.75 Å². The van der Waals surface area contributed by atoms with E-state index in [9.17, 15) is 13.2 Å². The number of ether oxygens (including phenoxy) is 1. The van der Waals surface area contributed by atoms with E-state index in [4.69, 9.17) is 21.5 Å². The molecule has 1 spiro atoms. The van der Waals surface area contributed by atoms with Crippen molar-refractivity contribution >= 4 is 27.6 Å². The Morgan fingerprint density at radius 3 is 2.30 bits per heavy atom. The first-order valence-electron chi connectivity index (χ1n) is 8.66. The minimum absolute atomic E-state index is 0.0103. The van der Waals surface area contributed by atoms with Crippen LogP contribution in [0.15, 0.2) is 42.5 Å². The molecule has 0 saturated carbocycles. The largest absolute Gasteiger partial charge is 0.486 e. The molecule has 0 aliphatic carbocycles. The molecule has 1 fully saturated rings. The molecule has 8 heteroatoms. The SMILES string of the molecule is NS(=O)(=O)N1CCC2(CC1)CC(=O)c1cc(-c3ccc(Cl)cc3)ccc1O2. The molecule has 2 aromatic carbocycles. The average molecular weight is 407 g/mol. The molecule has 2 aliphatic heterocycles. The molecule has 4 rings (SSSR count). The van der Waals surface area contributed by atoms with Gasteiger partial charge in [-0.25, -0.2) is 5.14 Å². The summed E-state index contributed by atoms with van der Waals surface area (Å²) in [6.45, 7) is 0.509. The molecule has 0 unspecified atom stereocenters. The van der Waals surface area contributed by atoms with Gasteiger partial charge in [0.15, 0.2) is 5.78 Å². The smallest absolute Gasteiger partial charge is 0.276 e. The van der Waals surface area contributed by atoms with Crippen LogP contribution in [0.25, 0.3) is 11.1 Å². The number of rotatable bonds is 2. The normalized spacial score (nSPS) is 19.6. The third-order valence-electron chi connectivity index (χ3n) is 5.26. The van der Waals surface area contributed by atoms with E-state index < -0.39 is 15.8 Å². The number of Topliss-reactive ketones (excluding diaryl/α,β-unsaturated/α-hetero) is 1. The number of carbonyl (C=O) groups excluding carboxylic acids is 1. The highest BCUT2D eigenvalue weighted by Gasteiger charge is 2.44. The Hall–Kier alpha value is -1.93. The van der Waals surface area contributed by atoms with E-state index in [1.165, 1.54) is 4.31 Å². The van der Waals surface area contributed by atoms with E-state index in [2.05, 4.69) is 0 Å². The summed E-state index contributed by atoms with van der Waals surface area (Å²) in [4.78, 5) is 12.8. The summed E-state index contributed by atoms with van der Waals surface area (Å²) in [7, 11) is -3.71. The molecule has 2 N–H and O–H groups in total. The Morgan fingerprint density at radius 2 is 1.67 bits per heavy atom. The Kier molecular flexibility index (Phi) is 4.50. The first-order valence-corrected chi connectivity index (χ1v) is 10.5. The Labute approximate surface area is 163 Å². The molecule has 0 bridgehead atoms. The molecule has 2 aromatic rings. The van der Waals surface area contributed by atoms with E-state index in [1.54, 1.807) is 0 Å². The second-order valence-electron chi connectivity index (χ2n) is 7.05. The lowest BCUT2D eigenvalue weighted by Crippen LogP contribution is -2.53. The first kappa shape index (κ1) is 18.4. The van der Waals surface area contributed by atoms with Crippen molar-refractivity contribution in [3.63, 3.8) is 0 Å². The third kappa shape index (κ3) is 3.60.